The van der Waals surface area contributed by atoms with Gasteiger partial charge >= 0.3 is 5.97 Å². The van der Waals surface area contributed by atoms with E-state index in [-0.39, 0.29) is 6.54 Å². The minimum absolute atomic E-state index is 0.0931. The first-order valence-corrected chi connectivity index (χ1v) is 5.70. The molecule has 1 N–H and O–H groups in total. The van der Waals surface area contributed by atoms with Crippen molar-refractivity contribution >= 4 is 22.5 Å². The number of aryl methyl sites for hydroxylation is 1. The highest BCUT2D eigenvalue weighted by atomic mass is 32.1. The molecular formula is C10H13N3O2S. The fraction of sp³-hybridized carbons (Fsp3) is 0.500. The largest absolute Gasteiger partial charge is 0.480 e. The summed E-state index contributed by atoms with van der Waals surface area (Å²) in [6, 6.07) is 2.07. The Bertz CT molecular complexity index is 422. The first-order valence-electron chi connectivity index (χ1n) is 4.93. The molecule has 6 heteroatoms. The summed E-state index contributed by atoms with van der Waals surface area (Å²) in [5.74, 6) is -0.900. The number of carboxylic acid groups (broad SMARTS) is 1. The standard InChI is InChI=1S/C10H13N3O2S/c1-3-4-13(6-9(14)15)10-8(5-11)7(2)12-16-10/h3-4,6H2,1-2H3,(H,14,15). The molecule has 1 aromatic rings. The summed E-state index contributed by atoms with van der Waals surface area (Å²) in [6.07, 6.45) is 0.828. The molecule has 1 rings (SSSR count). The molecule has 0 radical (unpaired) electrons. The lowest BCUT2D eigenvalue weighted by Gasteiger charge is -2.19. The van der Waals surface area contributed by atoms with Gasteiger partial charge in [-0.05, 0) is 24.9 Å². The topological polar surface area (TPSA) is 77.2 Å². The Hall–Kier alpha value is -1.61. The fourth-order valence-corrected chi connectivity index (χ4v) is 2.26. The third kappa shape index (κ3) is 2.70. The van der Waals surface area contributed by atoms with Crippen LogP contribution >= 0.6 is 11.5 Å². The molecule has 1 aromatic heterocycles. The minimum atomic E-state index is -0.900. The van der Waals surface area contributed by atoms with Gasteiger partial charge in [-0.1, -0.05) is 6.92 Å². The molecule has 0 unspecified atom stereocenters. The van der Waals surface area contributed by atoms with E-state index in [1.165, 1.54) is 11.5 Å². The number of hydrogen-bond donors (Lipinski definition) is 1. The number of aromatic nitrogens is 1. The molecule has 16 heavy (non-hydrogen) atoms. The molecule has 0 fully saturated rings. The third-order valence-electron chi connectivity index (χ3n) is 2.06. The van der Waals surface area contributed by atoms with Crippen molar-refractivity contribution in [2.45, 2.75) is 20.3 Å². The first kappa shape index (κ1) is 12.5. The zero-order valence-corrected chi connectivity index (χ0v) is 10.0. The normalized spacial score (nSPS) is 9.81. The van der Waals surface area contributed by atoms with Crippen molar-refractivity contribution in [3.63, 3.8) is 0 Å². The number of nitrogens with zero attached hydrogens (tertiary/aromatic N) is 3. The quantitative estimate of drug-likeness (QED) is 0.844. The number of nitriles is 1. The smallest absolute Gasteiger partial charge is 0.323 e. The van der Waals surface area contributed by atoms with Gasteiger partial charge in [-0.3, -0.25) is 4.79 Å². The van der Waals surface area contributed by atoms with Crippen LogP contribution in [0.2, 0.25) is 0 Å². The molecule has 5 nitrogen and oxygen atoms in total. The van der Waals surface area contributed by atoms with E-state index >= 15 is 0 Å². The van der Waals surface area contributed by atoms with Gasteiger partial charge < -0.3 is 10.0 Å². The van der Waals surface area contributed by atoms with Crippen LogP contribution in [0.5, 0.6) is 0 Å². The van der Waals surface area contributed by atoms with E-state index in [4.69, 9.17) is 10.4 Å². The molecule has 0 saturated heterocycles. The number of aliphatic carboxylic acids is 1. The van der Waals surface area contributed by atoms with Gasteiger partial charge in [-0.25, -0.2) is 0 Å². The van der Waals surface area contributed by atoms with E-state index in [1.54, 1.807) is 11.8 Å². The van der Waals surface area contributed by atoms with E-state index in [9.17, 15) is 4.79 Å². The average molecular weight is 239 g/mol. The Labute approximate surface area is 98.1 Å². The molecule has 0 aliphatic carbocycles. The van der Waals surface area contributed by atoms with Crippen molar-refractivity contribution < 1.29 is 9.90 Å². The molecule has 0 atom stereocenters. The van der Waals surface area contributed by atoms with Crippen molar-refractivity contribution in [3.05, 3.63) is 11.3 Å². The second-order valence-electron chi connectivity index (χ2n) is 3.38. The Morgan fingerprint density at radius 3 is 2.88 bits per heavy atom. The van der Waals surface area contributed by atoms with Gasteiger partial charge in [-0.2, -0.15) is 9.64 Å². The van der Waals surface area contributed by atoms with Gasteiger partial charge in [0.15, 0.2) is 0 Å². The highest BCUT2D eigenvalue weighted by Crippen LogP contribution is 2.27. The second kappa shape index (κ2) is 5.47. The van der Waals surface area contributed by atoms with Crippen LogP contribution < -0.4 is 4.90 Å². The molecule has 0 aliphatic heterocycles. The summed E-state index contributed by atoms with van der Waals surface area (Å²) >= 11 is 1.18. The predicted molar refractivity (Wildman–Crippen MR) is 61.7 cm³/mol. The maximum atomic E-state index is 10.7. The van der Waals surface area contributed by atoms with Crippen molar-refractivity contribution in [1.29, 1.82) is 5.26 Å². The second-order valence-corrected chi connectivity index (χ2v) is 4.13. The first-order chi connectivity index (χ1) is 7.60. The maximum absolute atomic E-state index is 10.7. The van der Waals surface area contributed by atoms with Gasteiger partial charge in [0.05, 0.1) is 5.69 Å². The summed E-state index contributed by atoms with van der Waals surface area (Å²) in [7, 11) is 0. The third-order valence-corrected chi connectivity index (χ3v) is 3.06. The van der Waals surface area contributed by atoms with E-state index in [0.29, 0.717) is 22.8 Å². The average Bonchev–Trinajstić information content (AvgIpc) is 2.58. The minimum Gasteiger partial charge on any atom is -0.480 e. The van der Waals surface area contributed by atoms with Crippen molar-refractivity contribution in [2.75, 3.05) is 18.0 Å². The van der Waals surface area contributed by atoms with Crippen LogP contribution in [0.25, 0.3) is 0 Å². The summed E-state index contributed by atoms with van der Waals surface area (Å²) in [5.41, 5.74) is 1.15. The highest BCUT2D eigenvalue weighted by Gasteiger charge is 2.18. The molecule has 0 saturated carbocycles. The number of carboxylic acids is 1. The van der Waals surface area contributed by atoms with Gasteiger partial charge in [0.25, 0.3) is 0 Å². The van der Waals surface area contributed by atoms with Crippen molar-refractivity contribution in [1.82, 2.24) is 4.37 Å². The Morgan fingerprint density at radius 2 is 2.38 bits per heavy atom. The Balaban J connectivity index is 3.01. The van der Waals surface area contributed by atoms with Gasteiger partial charge in [-0.15, -0.1) is 0 Å². The van der Waals surface area contributed by atoms with Gasteiger partial charge in [0, 0.05) is 6.54 Å². The molecular weight excluding hydrogens is 226 g/mol. The number of carbonyl (C=O) groups is 1. The maximum Gasteiger partial charge on any atom is 0.323 e. The summed E-state index contributed by atoms with van der Waals surface area (Å²) in [4.78, 5) is 12.4. The van der Waals surface area contributed by atoms with E-state index < -0.39 is 5.97 Å². The highest BCUT2D eigenvalue weighted by molar-refractivity contribution is 7.10. The monoisotopic (exact) mass is 239 g/mol. The molecule has 0 amide bonds. The van der Waals surface area contributed by atoms with E-state index in [1.807, 2.05) is 6.92 Å². The Kier molecular flexibility index (Phi) is 4.26. The number of anilines is 1. The number of hydrogen-bond acceptors (Lipinski definition) is 5. The van der Waals surface area contributed by atoms with Crippen LogP contribution in [-0.4, -0.2) is 28.5 Å². The summed E-state index contributed by atoms with van der Waals surface area (Å²) in [6.45, 7) is 4.24. The summed E-state index contributed by atoms with van der Waals surface area (Å²) < 4.78 is 4.08. The summed E-state index contributed by atoms with van der Waals surface area (Å²) in [5, 5.41) is 18.4. The molecule has 86 valence electrons. The molecule has 1 heterocycles. The van der Waals surface area contributed by atoms with Crippen LogP contribution in [0, 0.1) is 18.3 Å². The van der Waals surface area contributed by atoms with Crippen LogP contribution in [0.4, 0.5) is 5.00 Å². The van der Waals surface area contributed by atoms with E-state index in [2.05, 4.69) is 10.4 Å². The lowest BCUT2D eigenvalue weighted by atomic mass is 10.2. The zero-order chi connectivity index (χ0) is 12.1. The van der Waals surface area contributed by atoms with Crippen molar-refractivity contribution in [3.8, 4) is 6.07 Å². The van der Waals surface area contributed by atoms with Crippen molar-refractivity contribution in [2.24, 2.45) is 0 Å². The van der Waals surface area contributed by atoms with Gasteiger partial charge in [0.1, 0.15) is 23.2 Å². The molecule has 0 bridgehead atoms. The van der Waals surface area contributed by atoms with Crippen LogP contribution in [0.15, 0.2) is 0 Å². The van der Waals surface area contributed by atoms with Crippen LogP contribution in [0.3, 0.4) is 0 Å². The van der Waals surface area contributed by atoms with Gasteiger partial charge in [0.2, 0.25) is 0 Å². The fourth-order valence-electron chi connectivity index (χ4n) is 1.39. The number of rotatable bonds is 5. The molecule has 0 aromatic carbocycles. The van der Waals surface area contributed by atoms with E-state index in [0.717, 1.165) is 6.42 Å². The lowest BCUT2D eigenvalue weighted by molar-refractivity contribution is -0.135. The lowest BCUT2D eigenvalue weighted by Crippen LogP contribution is -2.30. The van der Waals surface area contributed by atoms with Crippen LogP contribution in [-0.2, 0) is 4.79 Å². The Morgan fingerprint density at radius 1 is 1.69 bits per heavy atom. The zero-order valence-electron chi connectivity index (χ0n) is 9.23. The van der Waals surface area contributed by atoms with Crippen LogP contribution in [0.1, 0.15) is 24.6 Å². The molecule has 0 spiro atoms. The SMILES string of the molecule is CCCN(CC(=O)O)c1snc(C)c1C#N. The molecule has 0 aliphatic rings. The predicted octanol–water partition coefficient (Wildman–Crippen LogP) is 1.62.